The van der Waals surface area contributed by atoms with E-state index in [1.165, 1.54) is 244 Å². The molecule has 20 rings (SSSR count). The highest BCUT2D eigenvalue weighted by Gasteiger charge is 2.56. The van der Waals surface area contributed by atoms with Crippen molar-refractivity contribution in [2.24, 2.45) is 191 Å². The van der Waals surface area contributed by atoms with E-state index < -0.39 is 0 Å². The van der Waals surface area contributed by atoms with E-state index in [0.29, 0.717) is 43.3 Å². The van der Waals surface area contributed by atoms with Crippen molar-refractivity contribution in [2.75, 3.05) is 0 Å². The zero-order chi connectivity index (χ0) is 75.6. The van der Waals surface area contributed by atoms with Gasteiger partial charge >= 0.3 is 0 Å². The maximum atomic E-state index is 2.49. The van der Waals surface area contributed by atoms with Crippen LogP contribution in [0.4, 0.5) is 0 Å². The van der Waals surface area contributed by atoms with E-state index in [2.05, 4.69) is 166 Å². The maximum Gasteiger partial charge on any atom is -0.0241 e. The molecular formula is C104H190. The molecule has 0 heteroatoms. The Morgan fingerprint density at radius 3 is 0.846 bits per heavy atom. The third kappa shape index (κ3) is 23.6. The van der Waals surface area contributed by atoms with Crippen molar-refractivity contribution in [3.63, 3.8) is 0 Å². The van der Waals surface area contributed by atoms with Gasteiger partial charge in [0.2, 0.25) is 0 Å². The van der Waals surface area contributed by atoms with E-state index in [1.807, 2.05) is 0 Å². The highest BCUT2D eigenvalue weighted by Crippen LogP contribution is 2.66. The van der Waals surface area contributed by atoms with Gasteiger partial charge in [-0.15, -0.1) is 0 Å². The van der Waals surface area contributed by atoms with E-state index in [-0.39, 0.29) is 0 Å². The van der Waals surface area contributed by atoms with Crippen molar-refractivity contribution >= 4 is 0 Å². The Balaban J connectivity index is 0.000000128. The highest BCUT2D eigenvalue weighted by molar-refractivity contribution is 5.06. The first-order chi connectivity index (χ1) is 48.5. The third-order valence-corrected chi connectivity index (χ3v) is 36.2. The lowest BCUT2D eigenvalue weighted by molar-refractivity contribution is -0.113. The molecule has 0 saturated heterocycles. The molecule has 0 N–H and O–H groups in total. The van der Waals surface area contributed by atoms with Crippen LogP contribution < -0.4 is 0 Å². The summed E-state index contributed by atoms with van der Waals surface area (Å²) in [5, 5.41) is 0. The second-order valence-corrected chi connectivity index (χ2v) is 51.5. The smallest absolute Gasteiger partial charge is 0.0241 e. The van der Waals surface area contributed by atoms with Gasteiger partial charge in [0.05, 0.1) is 0 Å². The van der Waals surface area contributed by atoms with Crippen molar-refractivity contribution < 1.29 is 0 Å². The second-order valence-electron chi connectivity index (χ2n) is 51.5. The first kappa shape index (κ1) is 86.4. The summed E-state index contributed by atoms with van der Waals surface area (Å²) < 4.78 is 0. The Hall–Kier alpha value is 0. The number of hydrogen-bond donors (Lipinski definition) is 0. The predicted octanol–water partition coefficient (Wildman–Crippen LogP) is 33.6. The Bertz CT molecular complexity index is 2400. The fourth-order valence-electron chi connectivity index (χ4n) is 30.7. The van der Waals surface area contributed by atoms with Crippen molar-refractivity contribution in [1.82, 2.24) is 0 Å². The molecule has 0 spiro atoms. The largest absolute Gasteiger partial charge is 0.0599 e. The summed E-state index contributed by atoms with van der Waals surface area (Å²) in [5.74, 6) is 25.7. The Morgan fingerprint density at radius 2 is 0.452 bits per heavy atom. The average Bonchev–Trinajstić information content (AvgIpc) is 1.01. The van der Waals surface area contributed by atoms with Crippen molar-refractivity contribution in [2.45, 2.75) is 468 Å². The molecular weight excluding hydrogens is 1250 g/mol. The van der Waals surface area contributed by atoms with Crippen LogP contribution in [0.1, 0.15) is 468 Å². The van der Waals surface area contributed by atoms with Crippen LogP contribution in [0.2, 0.25) is 0 Å². The fourth-order valence-corrected chi connectivity index (χ4v) is 30.7. The van der Waals surface area contributed by atoms with Crippen LogP contribution >= 0.6 is 0 Å². The number of rotatable bonds is 0. The van der Waals surface area contributed by atoms with Crippen LogP contribution in [0.5, 0.6) is 0 Å². The maximum absolute atomic E-state index is 2.49. The summed E-state index contributed by atoms with van der Waals surface area (Å²) in [6, 6.07) is 0. The van der Waals surface area contributed by atoms with E-state index in [0.717, 1.165) is 147 Å². The lowest BCUT2D eigenvalue weighted by atomic mass is 9.43. The van der Waals surface area contributed by atoms with E-state index in [4.69, 9.17) is 0 Å². The first-order valence-corrected chi connectivity index (χ1v) is 48.5. The summed E-state index contributed by atoms with van der Waals surface area (Å²) in [6.45, 7) is 58.6. The van der Waals surface area contributed by atoms with Crippen molar-refractivity contribution in [3.8, 4) is 0 Å². The Labute approximate surface area is 654 Å². The Kier molecular flexibility index (Phi) is 29.7. The molecule has 0 aromatic heterocycles. The minimum atomic E-state index is 0.548. The molecule has 0 aliphatic heterocycles. The lowest BCUT2D eigenvalue weighted by Crippen LogP contribution is -2.51. The van der Waals surface area contributed by atoms with Gasteiger partial charge < -0.3 is 0 Å². The van der Waals surface area contributed by atoms with Crippen LogP contribution in [0.25, 0.3) is 0 Å². The molecule has 606 valence electrons. The van der Waals surface area contributed by atoms with Gasteiger partial charge in [0, 0.05) is 0 Å². The van der Waals surface area contributed by atoms with E-state index in [9.17, 15) is 0 Å². The molecule has 20 saturated carbocycles. The van der Waals surface area contributed by atoms with Crippen LogP contribution in [-0.2, 0) is 0 Å². The van der Waals surface area contributed by atoms with E-state index >= 15 is 0 Å². The molecule has 20 aliphatic rings. The molecule has 14 atom stereocenters. The molecule has 20 fully saturated rings. The first-order valence-electron chi connectivity index (χ1n) is 48.5. The Morgan fingerprint density at radius 1 is 0.173 bits per heavy atom. The number of fused-ring (bicyclic) bond motifs is 18. The van der Waals surface area contributed by atoms with Crippen LogP contribution in [0.15, 0.2) is 0 Å². The van der Waals surface area contributed by atoms with Gasteiger partial charge in [-0.25, -0.2) is 0 Å². The fraction of sp³-hybridized carbons (Fsp3) is 1.00. The molecule has 0 amide bonds. The van der Waals surface area contributed by atoms with Gasteiger partial charge in [0.15, 0.2) is 0 Å². The molecule has 104 heavy (non-hydrogen) atoms. The quantitative estimate of drug-likeness (QED) is 0.227. The highest BCUT2D eigenvalue weighted by atomic mass is 14.6. The standard InChI is InChI=1S/C15H28.C14H24.C14H26.2C13H24.2C12H22.C11H20/c1-15(2,3)14-9-8-12-6-4-5-7-13(10-12)11-14;1-13(2,3)14-7-10-4-11(8-14)6-12(5-10)9-14;1-14(2,3)13-10-8-11-5-4-6-12(13)9-7-11;1-13(2,3)12-9-6-10-4-7-11(12)8-5-10;1-13(2,3)12-10-6-4-7-11(12)9-5-8-10;1-12(2,3)11-7-5-9-4-6-10(11)8-9;1-12(2,3)11-8-9-4-6-10(11)7-5-9;1-11(2,3)10-7-8-4-5-9(10)6-8/h12-14H,4-11H2,1-3H3;10-12H,4-9H2,1-3H3;11-13H,4-10H2,1-3H3;2*10-12H,4-9H2,1-3H3;2*9-11H,4-8H2,1-3H3;8-10H,4-7H2,1-3H3. The molecule has 20 aliphatic carbocycles. The topological polar surface area (TPSA) is 0 Å². The molecule has 18 bridgehead atoms. The van der Waals surface area contributed by atoms with Gasteiger partial charge in [-0.1, -0.05) is 320 Å². The minimum Gasteiger partial charge on any atom is -0.0599 e. The van der Waals surface area contributed by atoms with Crippen LogP contribution in [0, 0.1) is 191 Å². The summed E-state index contributed by atoms with van der Waals surface area (Å²) >= 11 is 0. The summed E-state index contributed by atoms with van der Waals surface area (Å²) in [7, 11) is 0. The molecule has 0 aromatic rings. The molecule has 0 aromatic carbocycles. The van der Waals surface area contributed by atoms with Gasteiger partial charge in [-0.05, 0) is 338 Å². The van der Waals surface area contributed by atoms with Crippen LogP contribution in [-0.4, -0.2) is 0 Å². The molecule has 0 nitrogen and oxygen atoms in total. The zero-order valence-electron chi connectivity index (χ0n) is 75.6. The van der Waals surface area contributed by atoms with Crippen LogP contribution in [0.3, 0.4) is 0 Å². The molecule has 14 unspecified atom stereocenters. The minimum absolute atomic E-state index is 0.548. The zero-order valence-corrected chi connectivity index (χ0v) is 75.6. The van der Waals surface area contributed by atoms with Gasteiger partial charge in [0.25, 0.3) is 0 Å². The molecule has 0 heterocycles. The number of hydrogen-bond acceptors (Lipinski definition) is 0. The predicted molar refractivity (Wildman–Crippen MR) is 459 cm³/mol. The van der Waals surface area contributed by atoms with Gasteiger partial charge in [-0.3, -0.25) is 0 Å². The molecule has 0 radical (unpaired) electrons. The SMILES string of the molecule is CC(C)(C)C12CC3CC(CC(C3)C1)C2.CC(C)(C)C1C2CCCC1CCC2.CC(C)(C)C1CC2CCC1C2.CC(C)(C)C1CC2CCC1CC2.CC(C)(C)C1CCC2CCC1C2.CC(C)(C)C1CCC2CCC1CC2.CC(C)(C)C1CCC2CCCC1CC2.CC(C)(C)C1CCC2CCCCC(C2)C1. The third-order valence-electron chi connectivity index (χ3n) is 36.2. The lowest BCUT2D eigenvalue weighted by Gasteiger charge is -2.62. The van der Waals surface area contributed by atoms with Gasteiger partial charge in [-0.2, -0.15) is 0 Å². The van der Waals surface area contributed by atoms with E-state index in [1.54, 1.807) is 57.8 Å². The van der Waals surface area contributed by atoms with Crippen molar-refractivity contribution in [1.29, 1.82) is 0 Å². The normalized spacial score (nSPS) is 42.0. The average molecular weight is 1440 g/mol. The van der Waals surface area contributed by atoms with Gasteiger partial charge in [0.1, 0.15) is 0 Å². The summed E-state index contributed by atoms with van der Waals surface area (Å²) in [5.41, 5.74) is 5.25. The second kappa shape index (κ2) is 35.8. The monoisotopic (exact) mass is 1440 g/mol. The summed E-state index contributed by atoms with van der Waals surface area (Å²) in [6.07, 6.45) is 72.2. The van der Waals surface area contributed by atoms with Crippen molar-refractivity contribution in [3.05, 3.63) is 0 Å². The summed E-state index contributed by atoms with van der Waals surface area (Å²) in [4.78, 5) is 0.